The zero-order valence-electron chi connectivity index (χ0n) is 16.6. The molecule has 0 aromatic heterocycles. The highest BCUT2D eigenvalue weighted by molar-refractivity contribution is 6.96. The molecular weight excluding hydrogens is 466 g/mol. The van der Waals surface area contributed by atoms with Gasteiger partial charge < -0.3 is 4.74 Å². The lowest BCUT2D eigenvalue weighted by molar-refractivity contribution is 0.381. The molecule has 0 aliphatic heterocycles. The van der Waals surface area contributed by atoms with Gasteiger partial charge in [-0.1, -0.05) is 8.85 Å². The predicted octanol–water partition coefficient (Wildman–Crippen LogP) is 4.08. The molecule has 0 fully saturated rings. The Labute approximate surface area is 180 Å². The van der Waals surface area contributed by atoms with Crippen molar-refractivity contribution in [2.45, 2.75) is 13.8 Å². The molecule has 0 radical (unpaired) electrons. The maximum absolute atomic E-state index is 15.0. The van der Waals surface area contributed by atoms with E-state index in [1.165, 1.54) is 0 Å². The number of rotatable bonds is 4. The first kappa shape index (κ1) is 24.0. The molecule has 0 N–H and O–H groups in total. The van der Waals surface area contributed by atoms with E-state index >= 15 is 0 Å². The van der Waals surface area contributed by atoms with Gasteiger partial charge in [-0.3, -0.25) is 0 Å². The van der Waals surface area contributed by atoms with Crippen molar-refractivity contribution in [3.63, 3.8) is 0 Å². The van der Waals surface area contributed by atoms with Gasteiger partial charge in [0.15, 0.2) is 40.7 Å². The predicted molar refractivity (Wildman–Crippen MR) is 99.6 cm³/mol. The third-order valence-corrected chi connectivity index (χ3v) is 8.80. The molecule has 0 aliphatic rings. The molecule has 3 aromatic carbocycles. The van der Waals surface area contributed by atoms with Gasteiger partial charge in [0.05, 0.1) is 7.11 Å². The van der Waals surface area contributed by atoms with E-state index in [4.69, 9.17) is 4.74 Å². The van der Waals surface area contributed by atoms with Crippen molar-refractivity contribution < 1.29 is 44.3 Å². The quantitative estimate of drug-likeness (QED) is 0.312. The molecule has 0 heterocycles. The largest absolute Gasteiger partial charge is 0.495 e. The van der Waals surface area contributed by atoms with Crippen molar-refractivity contribution >= 4 is 27.4 Å². The van der Waals surface area contributed by atoms with Crippen LogP contribution in [0.4, 0.5) is 39.5 Å². The highest BCUT2D eigenvalue weighted by atomic mass is 27.2. The summed E-state index contributed by atoms with van der Waals surface area (Å²) in [4.78, 5) is 0. The van der Waals surface area contributed by atoms with Crippen LogP contribution in [-0.4, -0.2) is 21.3 Å². The van der Waals surface area contributed by atoms with E-state index < -0.39 is 96.7 Å². The molecule has 168 valence electrons. The first-order valence-electron chi connectivity index (χ1n) is 8.91. The van der Waals surface area contributed by atoms with Crippen LogP contribution in [0.15, 0.2) is 18.2 Å². The molecular formula is C21H12AlF9O. The van der Waals surface area contributed by atoms with Gasteiger partial charge in [0.2, 0.25) is 0 Å². The topological polar surface area (TPSA) is 9.23 Å². The van der Waals surface area contributed by atoms with Crippen LogP contribution in [0.25, 0.3) is 0 Å². The Hall–Kier alpha value is -2.64. The van der Waals surface area contributed by atoms with Crippen LogP contribution in [0.2, 0.25) is 0 Å². The van der Waals surface area contributed by atoms with E-state index in [2.05, 4.69) is 0 Å². The number of benzene rings is 3. The lowest BCUT2D eigenvalue weighted by atomic mass is 10.2. The average Bonchev–Trinajstić information content (AvgIpc) is 2.72. The molecule has 0 atom stereocenters. The minimum Gasteiger partial charge on any atom is -0.495 e. The van der Waals surface area contributed by atoms with Gasteiger partial charge in [-0.25, -0.2) is 39.5 Å². The molecule has 0 bridgehead atoms. The minimum absolute atomic E-state index is 0.0881. The molecule has 3 rings (SSSR count). The number of ether oxygens (including phenoxy) is 1. The summed E-state index contributed by atoms with van der Waals surface area (Å²) in [7, 11) is 0.855. The molecule has 0 amide bonds. The van der Waals surface area contributed by atoms with Crippen LogP contribution < -0.4 is 18.0 Å². The van der Waals surface area contributed by atoms with E-state index in [9.17, 15) is 39.5 Å². The molecule has 0 aliphatic carbocycles. The van der Waals surface area contributed by atoms with Crippen molar-refractivity contribution in [2.24, 2.45) is 0 Å². The molecule has 0 unspecified atom stereocenters. The second-order valence-electron chi connectivity index (χ2n) is 6.92. The van der Waals surface area contributed by atoms with Crippen LogP contribution in [0.5, 0.6) is 5.75 Å². The summed E-state index contributed by atoms with van der Waals surface area (Å²) < 4.78 is 132. The summed E-state index contributed by atoms with van der Waals surface area (Å²) >= 11 is -4.26. The van der Waals surface area contributed by atoms with Gasteiger partial charge in [0.1, 0.15) is 17.4 Å². The zero-order valence-corrected chi connectivity index (χ0v) is 17.8. The third-order valence-electron chi connectivity index (χ3n) is 5.14. The SMILES string of the molecule is COc1c(F)cc(F)c(F)[c]1[Al]([c]1c(F)cc(F)c(F)c1C)[c]1c(F)cc(F)c(F)c1C. The zero-order chi connectivity index (χ0) is 24.1. The van der Waals surface area contributed by atoms with E-state index in [1.54, 1.807) is 0 Å². The Kier molecular flexibility index (Phi) is 6.54. The normalized spacial score (nSPS) is 11.1. The second-order valence-corrected chi connectivity index (χ2v) is 9.52. The van der Waals surface area contributed by atoms with Gasteiger partial charge >= 0.3 is 14.1 Å². The van der Waals surface area contributed by atoms with Gasteiger partial charge in [-0.05, 0) is 29.4 Å². The van der Waals surface area contributed by atoms with Crippen LogP contribution in [-0.2, 0) is 0 Å². The van der Waals surface area contributed by atoms with Crippen LogP contribution in [0.1, 0.15) is 11.1 Å². The van der Waals surface area contributed by atoms with E-state index in [1.807, 2.05) is 0 Å². The van der Waals surface area contributed by atoms with Crippen molar-refractivity contribution in [3.05, 3.63) is 81.7 Å². The lowest BCUT2D eigenvalue weighted by Gasteiger charge is -2.23. The monoisotopic (exact) mass is 478 g/mol. The van der Waals surface area contributed by atoms with Gasteiger partial charge in [-0.2, -0.15) is 0 Å². The van der Waals surface area contributed by atoms with Gasteiger partial charge in [0, 0.05) is 18.2 Å². The minimum atomic E-state index is -4.26. The highest BCUT2D eigenvalue weighted by Gasteiger charge is 2.42. The first-order valence-corrected chi connectivity index (χ1v) is 10.6. The second kappa shape index (κ2) is 8.71. The summed E-state index contributed by atoms with van der Waals surface area (Å²) in [5.74, 6) is -15.4. The molecule has 1 nitrogen and oxygen atoms in total. The first-order chi connectivity index (χ1) is 14.9. The Bertz CT molecular complexity index is 1180. The van der Waals surface area contributed by atoms with Crippen LogP contribution >= 0.6 is 0 Å². The molecule has 0 saturated carbocycles. The van der Waals surface area contributed by atoms with Crippen LogP contribution in [0, 0.1) is 66.2 Å². The molecule has 3 aromatic rings. The van der Waals surface area contributed by atoms with Gasteiger partial charge in [-0.15, -0.1) is 0 Å². The summed E-state index contributed by atoms with van der Waals surface area (Å²) in [6.45, 7) is 1.76. The van der Waals surface area contributed by atoms with Crippen molar-refractivity contribution in [1.29, 1.82) is 0 Å². The van der Waals surface area contributed by atoms with E-state index in [-0.39, 0.29) is 18.2 Å². The number of hydrogen-bond donors (Lipinski definition) is 0. The molecule has 11 heteroatoms. The maximum atomic E-state index is 15.0. The van der Waals surface area contributed by atoms with E-state index in [0.717, 1.165) is 21.0 Å². The molecule has 0 saturated heterocycles. The Morgan fingerprint density at radius 1 is 0.531 bits per heavy atom. The lowest BCUT2D eigenvalue weighted by Crippen LogP contribution is -2.58. The molecule has 32 heavy (non-hydrogen) atoms. The Morgan fingerprint density at radius 2 is 0.906 bits per heavy atom. The van der Waals surface area contributed by atoms with Crippen molar-refractivity contribution in [2.75, 3.05) is 7.11 Å². The fraction of sp³-hybridized carbons (Fsp3) is 0.143. The average molecular weight is 478 g/mol. The fourth-order valence-corrected chi connectivity index (χ4v) is 7.27. The number of methoxy groups -OCH3 is 1. The third kappa shape index (κ3) is 3.73. The summed E-state index contributed by atoms with van der Waals surface area (Å²) in [6.07, 6.45) is 0. The molecule has 0 spiro atoms. The Morgan fingerprint density at radius 3 is 1.31 bits per heavy atom. The summed E-state index contributed by atoms with van der Waals surface area (Å²) in [5, 5.41) is 0. The fourth-order valence-electron chi connectivity index (χ4n) is 3.66. The Balaban J connectivity index is 2.60. The number of hydrogen-bond acceptors (Lipinski definition) is 1. The van der Waals surface area contributed by atoms with Crippen LogP contribution in [0.3, 0.4) is 0 Å². The summed E-state index contributed by atoms with van der Waals surface area (Å²) in [6, 6.07) is 0.293. The van der Waals surface area contributed by atoms with Crippen molar-refractivity contribution in [3.8, 4) is 5.75 Å². The van der Waals surface area contributed by atoms with Crippen molar-refractivity contribution in [1.82, 2.24) is 0 Å². The summed E-state index contributed by atoms with van der Waals surface area (Å²) in [5.41, 5.74) is -1.51. The van der Waals surface area contributed by atoms with Gasteiger partial charge in [0.25, 0.3) is 0 Å². The standard InChI is InChI=1S/C7H4F3O.2C7H4F3.Al/c1-11-7-3-5(9)4(8)2-6(7)10;2*1-4-2-5(8)3-6(9)7(4)10;/h2H,1H3;2*3H,1H3;. The smallest absolute Gasteiger partial charge is 0.405 e. The number of halogens is 9. The van der Waals surface area contributed by atoms with E-state index in [0.29, 0.717) is 0 Å². The highest BCUT2D eigenvalue weighted by Crippen LogP contribution is 2.23. The maximum Gasteiger partial charge on any atom is 0.405 e.